The first-order chi connectivity index (χ1) is 9.72. The number of hydrogen-bond acceptors (Lipinski definition) is 2. The minimum absolute atomic E-state index is 0.738. The molecule has 0 unspecified atom stereocenters. The summed E-state index contributed by atoms with van der Waals surface area (Å²) in [5.41, 5.74) is 3.43. The molecule has 0 spiro atoms. The van der Waals surface area contributed by atoms with E-state index in [9.17, 15) is 0 Å². The molecule has 100 valence electrons. The molecule has 0 saturated carbocycles. The summed E-state index contributed by atoms with van der Waals surface area (Å²) in [6.45, 7) is 2.85. The number of hydrogen-bond donors (Lipinski definition) is 1. The highest BCUT2D eigenvalue weighted by Gasteiger charge is 2.02. The van der Waals surface area contributed by atoms with Crippen LogP contribution in [0.5, 0.6) is 0 Å². The third-order valence-electron chi connectivity index (χ3n) is 3.31. The zero-order chi connectivity index (χ0) is 13.9. The fourth-order valence-electron chi connectivity index (χ4n) is 2.23. The highest BCUT2D eigenvalue weighted by Crippen LogP contribution is 2.20. The fraction of sp³-hybridized carbons (Fsp3) is 0.118. The first kappa shape index (κ1) is 12.9. The Labute approximate surface area is 123 Å². The quantitative estimate of drug-likeness (QED) is 0.746. The van der Waals surface area contributed by atoms with Gasteiger partial charge in [0, 0.05) is 17.0 Å². The van der Waals surface area contributed by atoms with Crippen molar-refractivity contribution in [2.24, 2.45) is 0 Å². The molecule has 1 aromatic heterocycles. The molecule has 3 aromatic rings. The summed E-state index contributed by atoms with van der Waals surface area (Å²) >= 11 is 5.88. The van der Waals surface area contributed by atoms with Crippen LogP contribution in [-0.4, -0.2) is 4.98 Å². The maximum absolute atomic E-state index is 5.88. The number of nitrogens with one attached hydrogen (secondary N) is 1. The van der Waals surface area contributed by atoms with Gasteiger partial charge in [-0.25, -0.2) is 4.98 Å². The van der Waals surface area contributed by atoms with Crippen LogP contribution in [0, 0.1) is 6.92 Å². The van der Waals surface area contributed by atoms with Crippen molar-refractivity contribution in [2.75, 3.05) is 5.32 Å². The van der Waals surface area contributed by atoms with Crippen LogP contribution in [0.3, 0.4) is 0 Å². The average Bonchev–Trinajstić information content (AvgIpc) is 2.47. The number of benzene rings is 2. The maximum atomic E-state index is 5.88. The van der Waals surface area contributed by atoms with Crippen LogP contribution in [0.1, 0.15) is 11.1 Å². The van der Waals surface area contributed by atoms with Gasteiger partial charge in [0.1, 0.15) is 5.82 Å². The van der Waals surface area contributed by atoms with E-state index in [1.807, 2.05) is 42.5 Å². The van der Waals surface area contributed by atoms with Gasteiger partial charge >= 0.3 is 0 Å². The van der Waals surface area contributed by atoms with Crippen molar-refractivity contribution in [3.63, 3.8) is 0 Å². The second-order valence-electron chi connectivity index (χ2n) is 4.82. The highest BCUT2D eigenvalue weighted by atomic mass is 35.5. The summed E-state index contributed by atoms with van der Waals surface area (Å²) in [5.74, 6) is 0.899. The summed E-state index contributed by atoms with van der Waals surface area (Å²) in [4.78, 5) is 4.63. The lowest BCUT2D eigenvalue weighted by atomic mass is 10.1. The van der Waals surface area contributed by atoms with Gasteiger partial charge in [0.15, 0.2) is 0 Å². The van der Waals surface area contributed by atoms with Crippen LogP contribution in [0.2, 0.25) is 5.02 Å². The van der Waals surface area contributed by atoms with E-state index in [0.29, 0.717) is 0 Å². The maximum Gasteiger partial charge on any atom is 0.127 e. The Morgan fingerprint density at radius 1 is 1.05 bits per heavy atom. The molecule has 2 nitrogen and oxygen atoms in total. The van der Waals surface area contributed by atoms with Crippen molar-refractivity contribution in [1.82, 2.24) is 4.98 Å². The normalized spacial score (nSPS) is 10.7. The minimum atomic E-state index is 0.738. The SMILES string of the molecule is Cc1cc(NCc2ccc(Cl)cc2)nc2ccccc12. The molecule has 3 heteroatoms. The Morgan fingerprint density at radius 3 is 2.60 bits per heavy atom. The molecular formula is C17H15ClN2. The minimum Gasteiger partial charge on any atom is -0.366 e. The van der Waals surface area contributed by atoms with Gasteiger partial charge in [0.05, 0.1) is 5.52 Å². The fourth-order valence-corrected chi connectivity index (χ4v) is 2.36. The van der Waals surface area contributed by atoms with Crippen molar-refractivity contribution < 1.29 is 0 Å². The summed E-state index contributed by atoms with van der Waals surface area (Å²) < 4.78 is 0. The predicted octanol–water partition coefficient (Wildman–Crippen LogP) is 4.81. The Hall–Kier alpha value is -2.06. The molecule has 0 saturated heterocycles. The summed E-state index contributed by atoms with van der Waals surface area (Å²) in [6, 6.07) is 18.1. The van der Waals surface area contributed by atoms with Gasteiger partial charge in [0.25, 0.3) is 0 Å². The predicted molar refractivity (Wildman–Crippen MR) is 85.3 cm³/mol. The molecule has 0 aliphatic heterocycles. The Kier molecular flexibility index (Phi) is 3.57. The molecule has 0 bridgehead atoms. The summed E-state index contributed by atoms with van der Waals surface area (Å²) in [5, 5.41) is 5.32. The van der Waals surface area contributed by atoms with E-state index in [1.165, 1.54) is 16.5 Å². The van der Waals surface area contributed by atoms with Crippen molar-refractivity contribution in [3.05, 3.63) is 70.7 Å². The van der Waals surface area contributed by atoms with Crippen molar-refractivity contribution >= 4 is 28.3 Å². The van der Waals surface area contributed by atoms with Crippen molar-refractivity contribution in [2.45, 2.75) is 13.5 Å². The third kappa shape index (κ3) is 2.75. The number of para-hydroxylation sites is 1. The smallest absolute Gasteiger partial charge is 0.127 e. The molecule has 0 aliphatic carbocycles. The molecule has 0 aliphatic rings. The van der Waals surface area contributed by atoms with E-state index in [2.05, 4.69) is 29.4 Å². The van der Waals surface area contributed by atoms with Gasteiger partial charge in [0.2, 0.25) is 0 Å². The second-order valence-corrected chi connectivity index (χ2v) is 5.26. The highest BCUT2D eigenvalue weighted by molar-refractivity contribution is 6.30. The van der Waals surface area contributed by atoms with Crippen LogP contribution >= 0.6 is 11.6 Å². The Bertz CT molecular complexity index is 736. The van der Waals surface area contributed by atoms with Gasteiger partial charge in [-0.2, -0.15) is 0 Å². The molecule has 3 rings (SSSR count). The molecule has 0 atom stereocenters. The van der Waals surface area contributed by atoms with Gasteiger partial charge in [-0.1, -0.05) is 41.9 Å². The molecule has 20 heavy (non-hydrogen) atoms. The van der Waals surface area contributed by atoms with Gasteiger partial charge in [-0.05, 0) is 42.3 Å². The van der Waals surface area contributed by atoms with E-state index < -0.39 is 0 Å². The molecule has 0 fully saturated rings. The van der Waals surface area contributed by atoms with Crippen LogP contribution in [0.25, 0.3) is 10.9 Å². The molecule has 2 aromatic carbocycles. The van der Waals surface area contributed by atoms with E-state index in [4.69, 9.17) is 11.6 Å². The lowest BCUT2D eigenvalue weighted by molar-refractivity contribution is 1.12. The largest absolute Gasteiger partial charge is 0.366 e. The van der Waals surface area contributed by atoms with E-state index in [-0.39, 0.29) is 0 Å². The van der Waals surface area contributed by atoms with E-state index in [1.54, 1.807) is 0 Å². The second kappa shape index (κ2) is 5.51. The Balaban J connectivity index is 1.82. The monoisotopic (exact) mass is 282 g/mol. The zero-order valence-electron chi connectivity index (χ0n) is 11.2. The lowest BCUT2D eigenvalue weighted by Crippen LogP contribution is -2.01. The average molecular weight is 283 g/mol. The van der Waals surface area contributed by atoms with Gasteiger partial charge < -0.3 is 5.32 Å². The molecule has 1 N–H and O–H groups in total. The molecule has 1 heterocycles. The number of pyridine rings is 1. The standard InChI is InChI=1S/C17H15ClN2/c1-12-10-17(20-16-5-3-2-4-15(12)16)19-11-13-6-8-14(18)9-7-13/h2-10H,11H2,1H3,(H,19,20). The van der Waals surface area contributed by atoms with Gasteiger partial charge in [-0.15, -0.1) is 0 Å². The van der Waals surface area contributed by atoms with Crippen LogP contribution in [0.4, 0.5) is 5.82 Å². The lowest BCUT2D eigenvalue weighted by Gasteiger charge is -2.09. The number of rotatable bonds is 3. The number of aromatic nitrogens is 1. The first-order valence-electron chi connectivity index (χ1n) is 6.57. The third-order valence-corrected chi connectivity index (χ3v) is 3.56. The summed E-state index contributed by atoms with van der Waals surface area (Å²) in [6.07, 6.45) is 0. The molecule has 0 radical (unpaired) electrons. The van der Waals surface area contributed by atoms with Crippen LogP contribution in [-0.2, 0) is 6.54 Å². The van der Waals surface area contributed by atoms with E-state index in [0.717, 1.165) is 22.9 Å². The number of halogens is 1. The van der Waals surface area contributed by atoms with Gasteiger partial charge in [-0.3, -0.25) is 0 Å². The van der Waals surface area contributed by atoms with Crippen LogP contribution < -0.4 is 5.32 Å². The number of aryl methyl sites for hydroxylation is 1. The van der Waals surface area contributed by atoms with Crippen molar-refractivity contribution in [1.29, 1.82) is 0 Å². The number of nitrogens with zero attached hydrogens (tertiary/aromatic N) is 1. The number of fused-ring (bicyclic) bond motifs is 1. The molecular weight excluding hydrogens is 268 g/mol. The molecule has 0 amide bonds. The van der Waals surface area contributed by atoms with Crippen molar-refractivity contribution in [3.8, 4) is 0 Å². The number of anilines is 1. The van der Waals surface area contributed by atoms with E-state index >= 15 is 0 Å². The Morgan fingerprint density at radius 2 is 1.80 bits per heavy atom. The zero-order valence-corrected chi connectivity index (χ0v) is 12.0. The summed E-state index contributed by atoms with van der Waals surface area (Å²) in [7, 11) is 0. The first-order valence-corrected chi connectivity index (χ1v) is 6.95. The topological polar surface area (TPSA) is 24.9 Å². The van der Waals surface area contributed by atoms with Crippen LogP contribution in [0.15, 0.2) is 54.6 Å².